The summed E-state index contributed by atoms with van der Waals surface area (Å²) in [5.41, 5.74) is 3.20. The van der Waals surface area contributed by atoms with Crippen molar-refractivity contribution in [3.8, 4) is 0 Å². The van der Waals surface area contributed by atoms with Gasteiger partial charge in [0.05, 0.1) is 0 Å². The number of hydrogen-bond acceptors (Lipinski definition) is 5. The highest BCUT2D eigenvalue weighted by Gasteiger charge is 2.24. The van der Waals surface area contributed by atoms with Crippen molar-refractivity contribution in [2.45, 2.75) is 33.6 Å². The van der Waals surface area contributed by atoms with Crippen molar-refractivity contribution in [3.05, 3.63) is 47.3 Å². The molecule has 1 aliphatic rings. The largest absolute Gasteiger partial charge is 0.339 e. The second kappa shape index (κ2) is 8.37. The van der Waals surface area contributed by atoms with Gasteiger partial charge in [0, 0.05) is 44.5 Å². The minimum absolute atomic E-state index is 0.0419. The Bertz CT molecular complexity index is 873. The van der Waals surface area contributed by atoms with Crippen LogP contribution in [-0.2, 0) is 4.79 Å². The van der Waals surface area contributed by atoms with Crippen LogP contribution in [-0.4, -0.2) is 57.8 Å². The fourth-order valence-corrected chi connectivity index (χ4v) is 3.36. The molecule has 1 fully saturated rings. The smallest absolute Gasteiger partial charge is 0.272 e. The van der Waals surface area contributed by atoms with E-state index in [1.807, 2.05) is 25.1 Å². The quantitative estimate of drug-likeness (QED) is 0.881. The van der Waals surface area contributed by atoms with E-state index in [2.05, 4.69) is 35.2 Å². The summed E-state index contributed by atoms with van der Waals surface area (Å²) in [6.45, 7) is 9.81. The Hall–Kier alpha value is -2.96. The number of nitrogens with zero attached hydrogens (tertiary/aromatic N) is 4. The average Bonchev–Trinajstić information content (AvgIpc) is 2.67. The lowest BCUT2D eigenvalue weighted by Gasteiger charge is -2.34. The molecular formula is C21H27N5O2. The second-order valence-electron chi connectivity index (χ2n) is 7.38. The molecule has 7 heteroatoms. The van der Waals surface area contributed by atoms with Gasteiger partial charge in [-0.15, -0.1) is 0 Å². The van der Waals surface area contributed by atoms with Crippen molar-refractivity contribution in [2.75, 3.05) is 31.5 Å². The van der Waals surface area contributed by atoms with E-state index >= 15 is 0 Å². The van der Waals surface area contributed by atoms with Gasteiger partial charge in [-0.2, -0.15) is 0 Å². The van der Waals surface area contributed by atoms with E-state index in [1.54, 1.807) is 22.8 Å². The maximum Gasteiger partial charge on any atom is 0.272 e. The lowest BCUT2D eigenvalue weighted by atomic mass is 10.0. The van der Waals surface area contributed by atoms with Crippen LogP contribution in [0.15, 0.2) is 30.3 Å². The van der Waals surface area contributed by atoms with E-state index < -0.39 is 0 Å². The highest BCUT2D eigenvalue weighted by atomic mass is 16.2. The molecular weight excluding hydrogens is 354 g/mol. The van der Waals surface area contributed by atoms with Gasteiger partial charge in [-0.25, -0.2) is 9.97 Å². The number of amides is 2. The normalized spacial score (nSPS) is 14.3. The molecule has 1 saturated heterocycles. The van der Waals surface area contributed by atoms with Crippen LogP contribution < -0.4 is 5.32 Å². The number of aryl methyl sites for hydroxylation is 1. The topological polar surface area (TPSA) is 78.4 Å². The monoisotopic (exact) mass is 381 g/mol. The molecule has 0 saturated carbocycles. The van der Waals surface area contributed by atoms with Gasteiger partial charge in [-0.05, 0) is 30.5 Å². The van der Waals surface area contributed by atoms with Crippen LogP contribution in [0.5, 0.6) is 0 Å². The van der Waals surface area contributed by atoms with Gasteiger partial charge in [-0.3, -0.25) is 9.59 Å². The van der Waals surface area contributed by atoms with Crippen LogP contribution in [0.3, 0.4) is 0 Å². The van der Waals surface area contributed by atoms with Crippen LogP contribution in [0, 0.1) is 6.92 Å². The van der Waals surface area contributed by atoms with E-state index in [0.29, 0.717) is 43.7 Å². The maximum atomic E-state index is 12.9. The van der Waals surface area contributed by atoms with Crippen LogP contribution >= 0.6 is 0 Å². The Morgan fingerprint density at radius 1 is 1.04 bits per heavy atom. The highest BCUT2D eigenvalue weighted by Crippen LogP contribution is 2.26. The molecule has 0 unspecified atom stereocenters. The lowest BCUT2D eigenvalue weighted by Crippen LogP contribution is -2.50. The fraction of sp³-hybridized carbons (Fsp3) is 0.429. The van der Waals surface area contributed by atoms with Gasteiger partial charge in [0.1, 0.15) is 5.69 Å². The molecule has 148 valence electrons. The number of carbonyl (C=O) groups is 2. The summed E-state index contributed by atoms with van der Waals surface area (Å²) >= 11 is 0. The maximum absolute atomic E-state index is 12.9. The van der Waals surface area contributed by atoms with Crippen LogP contribution in [0.2, 0.25) is 0 Å². The number of rotatable bonds is 4. The summed E-state index contributed by atoms with van der Waals surface area (Å²) < 4.78 is 0. The Kier molecular flexibility index (Phi) is 5.92. The highest BCUT2D eigenvalue weighted by molar-refractivity contribution is 5.93. The van der Waals surface area contributed by atoms with Crippen molar-refractivity contribution in [1.82, 2.24) is 19.8 Å². The van der Waals surface area contributed by atoms with Crippen molar-refractivity contribution in [2.24, 2.45) is 0 Å². The van der Waals surface area contributed by atoms with Crippen molar-refractivity contribution in [1.29, 1.82) is 0 Å². The van der Waals surface area contributed by atoms with Gasteiger partial charge >= 0.3 is 0 Å². The zero-order chi connectivity index (χ0) is 20.3. The molecule has 3 rings (SSSR count). The minimum atomic E-state index is -0.131. The first kappa shape index (κ1) is 19.8. The van der Waals surface area contributed by atoms with Crippen LogP contribution in [0.4, 0.5) is 11.6 Å². The van der Waals surface area contributed by atoms with Gasteiger partial charge in [0.25, 0.3) is 5.91 Å². The Balaban J connectivity index is 1.79. The number of nitrogens with one attached hydrogen (secondary N) is 1. The molecule has 0 bridgehead atoms. The molecule has 2 amide bonds. The molecule has 0 spiro atoms. The Labute approximate surface area is 165 Å². The van der Waals surface area contributed by atoms with Gasteiger partial charge in [0.15, 0.2) is 0 Å². The van der Waals surface area contributed by atoms with E-state index in [-0.39, 0.29) is 11.8 Å². The molecule has 0 aliphatic carbocycles. The molecule has 0 atom stereocenters. The summed E-state index contributed by atoms with van der Waals surface area (Å²) in [7, 11) is 0. The SMILES string of the molecule is CC(=O)N1CCN(C(=O)c2cc(C)nc(Nc3ccccc3C(C)C)n2)CC1. The number of anilines is 2. The molecule has 2 aromatic rings. The van der Waals surface area contributed by atoms with Crippen molar-refractivity contribution < 1.29 is 9.59 Å². The molecule has 28 heavy (non-hydrogen) atoms. The van der Waals surface area contributed by atoms with E-state index in [4.69, 9.17) is 0 Å². The average molecular weight is 381 g/mol. The zero-order valence-electron chi connectivity index (χ0n) is 16.9. The number of piperazine rings is 1. The summed E-state index contributed by atoms with van der Waals surface area (Å²) in [4.78, 5) is 36.8. The zero-order valence-corrected chi connectivity index (χ0v) is 16.9. The number of aromatic nitrogens is 2. The third-order valence-corrected chi connectivity index (χ3v) is 4.91. The first-order valence-corrected chi connectivity index (χ1v) is 9.61. The molecule has 7 nitrogen and oxygen atoms in total. The molecule has 2 heterocycles. The summed E-state index contributed by atoms with van der Waals surface area (Å²) in [6, 6.07) is 9.74. The van der Waals surface area contributed by atoms with E-state index in [9.17, 15) is 9.59 Å². The predicted molar refractivity (Wildman–Crippen MR) is 109 cm³/mol. The number of hydrogen-bond donors (Lipinski definition) is 1. The van der Waals surface area contributed by atoms with Crippen LogP contribution in [0.1, 0.15) is 48.4 Å². The fourth-order valence-electron chi connectivity index (χ4n) is 3.36. The number of benzene rings is 1. The third-order valence-electron chi connectivity index (χ3n) is 4.91. The van der Waals surface area contributed by atoms with E-state index in [1.165, 1.54) is 5.56 Å². The molecule has 1 aliphatic heterocycles. The first-order valence-electron chi connectivity index (χ1n) is 9.61. The summed E-state index contributed by atoms with van der Waals surface area (Å²) in [5.74, 6) is 0.681. The Morgan fingerprint density at radius 2 is 1.68 bits per heavy atom. The van der Waals surface area contributed by atoms with Crippen molar-refractivity contribution in [3.63, 3.8) is 0 Å². The Morgan fingerprint density at radius 3 is 2.32 bits per heavy atom. The number of carbonyl (C=O) groups excluding carboxylic acids is 2. The second-order valence-corrected chi connectivity index (χ2v) is 7.38. The van der Waals surface area contributed by atoms with Crippen molar-refractivity contribution >= 4 is 23.5 Å². The molecule has 0 radical (unpaired) electrons. The first-order chi connectivity index (χ1) is 13.3. The van der Waals surface area contributed by atoms with Gasteiger partial charge < -0.3 is 15.1 Å². The standard InChI is InChI=1S/C21H27N5O2/c1-14(2)17-7-5-6-8-18(17)23-21-22-15(3)13-19(24-21)20(28)26-11-9-25(10-12-26)16(4)27/h5-8,13-14H,9-12H2,1-4H3,(H,22,23,24). The van der Waals surface area contributed by atoms with E-state index in [0.717, 1.165) is 11.4 Å². The van der Waals surface area contributed by atoms with Gasteiger partial charge in [0.2, 0.25) is 11.9 Å². The number of para-hydroxylation sites is 1. The third kappa shape index (κ3) is 4.47. The lowest BCUT2D eigenvalue weighted by molar-refractivity contribution is -0.130. The molecule has 1 aromatic heterocycles. The minimum Gasteiger partial charge on any atom is -0.339 e. The molecule has 1 N–H and O–H groups in total. The summed E-state index contributed by atoms with van der Waals surface area (Å²) in [6.07, 6.45) is 0. The molecule has 1 aromatic carbocycles. The summed E-state index contributed by atoms with van der Waals surface area (Å²) in [5, 5.41) is 3.27. The van der Waals surface area contributed by atoms with Gasteiger partial charge in [-0.1, -0.05) is 32.0 Å². The van der Waals surface area contributed by atoms with Crippen LogP contribution in [0.25, 0.3) is 0 Å². The predicted octanol–water partition coefficient (Wildman–Crippen LogP) is 2.96.